The number of halogens is 3. The van der Waals surface area contributed by atoms with E-state index in [1.54, 1.807) is 9.80 Å². The third-order valence-electron chi connectivity index (χ3n) is 5.37. The molecule has 1 aromatic heterocycles. The van der Waals surface area contributed by atoms with Crippen LogP contribution in [0.15, 0.2) is 12.1 Å². The van der Waals surface area contributed by atoms with Crippen molar-refractivity contribution in [1.82, 2.24) is 14.8 Å². The number of amides is 2. The van der Waals surface area contributed by atoms with Gasteiger partial charge in [-0.05, 0) is 25.0 Å². The SMILES string of the molecule is N[C@H]1CCN(C(=O)[C@@H]2CCN(C(=O)c3[nH]c4ccc(F)c(Cl)c4c3Cl)C2)C1. The zero-order chi connectivity index (χ0) is 19.3. The summed E-state index contributed by atoms with van der Waals surface area (Å²) in [6.07, 6.45) is 1.41. The van der Waals surface area contributed by atoms with Crippen molar-refractivity contribution >= 4 is 45.9 Å². The Balaban J connectivity index is 1.52. The normalized spacial score (nSPS) is 22.8. The molecule has 0 aliphatic carbocycles. The van der Waals surface area contributed by atoms with Gasteiger partial charge >= 0.3 is 0 Å². The maximum absolute atomic E-state index is 13.7. The number of hydrogen-bond donors (Lipinski definition) is 2. The third-order valence-corrected chi connectivity index (χ3v) is 6.12. The van der Waals surface area contributed by atoms with Crippen LogP contribution < -0.4 is 5.73 Å². The summed E-state index contributed by atoms with van der Waals surface area (Å²) < 4.78 is 13.7. The van der Waals surface area contributed by atoms with Gasteiger partial charge in [0.15, 0.2) is 0 Å². The summed E-state index contributed by atoms with van der Waals surface area (Å²) in [5, 5.41) is 0.270. The minimum Gasteiger partial charge on any atom is -0.349 e. The highest BCUT2D eigenvalue weighted by molar-refractivity contribution is 6.44. The summed E-state index contributed by atoms with van der Waals surface area (Å²) in [7, 11) is 0. The lowest BCUT2D eigenvalue weighted by Crippen LogP contribution is -2.38. The van der Waals surface area contributed by atoms with E-state index in [1.165, 1.54) is 12.1 Å². The quantitative estimate of drug-likeness (QED) is 0.794. The first kappa shape index (κ1) is 18.5. The molecular formula is C18H19Cl2FN4O2. The molecule has 2 atom stereocenters. The number of fused-ring (bicyclic) bond motifs is 1. The number of likely N-dealkylation sites (tertiary alicyclic amines) is 2. The number of nitrogens with two attached hydrogens (primary N) is 1. The zero-order valence-electron chi connectivity index (χ0n) is 14.5. The molecule has 0 bridgehead atoms. The molecule has 3 heterocycles. The molecule has 2 aromatic rings. The van der Waals surface area contributed by atoms with Gasteiger partial charge in [0, 0.05) is 43.1 Å². The Bertz CT molecular complexity index is 932. The number of rotatable bonds is 2. The smallest absolute Gasteiger partial charge is 0.271 e. The Hall–Kier alpha value is -1.83. The van der Waals surface area contributed by atoms with Crippen molar-refractivity contribution in [3.63, 3.8) is 0 Å². The van der Waals surface area contributed by atoms with E-state index in [1.807, 2.05) is 0 Å². The summed E-state index contributed by atoms with van der Waals surface area (Å²) in [6, 6.07) is 2.74. The summed E-state index contributed by atoms with van der Waals surface area (Å²) in [6.45, 7) is 2.03. The van der Waals surface area contributed by atoms with Crippen LogP contribution >= 0.6 is 23.2 Å². The highest BCUT2D eigenvalue weighted by atomic mass is 35.5. The number of aromatic nitrogens is 1. The van der Waals surface area contributed by atoms with E-state index >= 15 is 0 Å². The number of carbonyl (C=O) groups excluding carboxylic acids is 2. The van der Waals surface area contributed by atoms with Gasteiger partial charge in [0.05, 0.1) is 16.0 Å². The Morgan fingerprint density at radius 3 is 2.56 bits per heavy atom. The largest absolute Gasteiger partial charge is 0.349 e. The molecule has 2 fully saturated rings. The van der Waals surface area contributed by atoms with Crippen molar-refractivity contribution in [2.24, 2.45) is 11.7 Å². The molecular weight excluding hydrogens is 394 g/mol. The fraction of sp³-hybridized carbons (Fsp3) is 0.444. The molecule has 0 saturated carbocycles. The van der Waals surface area contributed by atoms with Crippen LogP contribution in [0, 0.1) is 11.7 Å². The van der Waals surface area contributed by atoms with Crippen molar-refractivity contribution in [2.75, 3.05) is 26.2 Å². The van der Waals surface area contributed by atoms with E-state index in [9.17, 15) is 14.0 Å². The number of nitrogens with one attached hydrogen (secondary N) is 1. The topological polar surface area (TPSA) is 82.4 Å². The molecule has 9 heteroatoms. The lowest BCUT2D eigenvalue weighted by molar-refractivity contribution is -0.134. The molecule has 2 aliphatic rings. The van der Waals surface area contributed by atoms with Crippen molar-refractivity contribution in [3.8, 4) is 0 Å². The van der Waals surface area contributed by atoms with Crippen molar-refractivity contribution in [1.29, 1.82) is 0 Å². The van der Waals surface area contributed by atoms with E-state index in [-0.39, 0.29) is 39.5 Å². The molecule has 6 nitrogen and oxygen atoms in total. The van der Waals surface area contributed by atoms with Crippen LogP contribution in [0.1, 0.15) is 23.3 Å². The van der Waals surface area contributed by atoms with E-state index in [4.69, 9.17) is 28.9 Å². The minimum absolute atomic E-state index is 0.0309. The predicted octanol–water partition coefficient (Wildman–Crippen LogP) is 2.64. The van der Waals surface area contributed by atoms with Crippen LogP contribution in [0.2, 0.25) is 10.0 Å². The van der Waals surface area contributed by atoms with Gasteiger partial charge in [-0.1, -0.05) is 23.2 Å². The van der Waals surface area contributed by atoms with E-state index in [0.717, 1.165) is 6.42 Å². The second-order valence-electron chi connectivity index (χ2n) is 7.17. The van der Waals surface area contributed by atoms with Crippen molar-refractivity contribution in [3.05, 3.63) is 33.7 Å². The van der Waals surface area contributed by atoms with Crippen LogP contribution in [0.3, 0.4) is 0 Å². The minimum atomic E-state index is -0.597. The number of aromatic amines is 1. The van der Waals surface area contributed by atoms with Gasteiger partial charge in [0.2, 0.25) is 5.91 Å². The number of H-pyrrole nitrogens is 1. The molecule has 0 unspecified atom stereocenters. The van der Waals surface area contributed by atoms with Gasteiger partial charge in [-0.3, -0.25) is 9.59 Å². The molecule has 0 spiro atoms. The zero-order valence-corrected chi connectivity index (χ0v) is 16.0. The number of carbonyl (C=O) groups is 2. The first-order valence-electron chi connectivity index (χ1n) is 8.85. The maximum atomic E-state index is 13.7. The van der Waals surface area contributed by atoms with Crippen molar-refractivity contribution in [2.45, 2.75) is 18.9 Å². The van der Waals surface area contributed by atoms with Gasteiger partial charge < -0.3 is 20.5 Å². The third kappa shape index (κ3) is 3.17. The highest BCUT2D eigenvalue weighted by Gasteiger charge is 2.36. The molecule has 4 rings (SSSR count). The van der Waals surface area contributed by atoms with Crippen LogP contribution in [0.25, 0.3) is 10.9 Å². The van der Waals surface area contributed by atoms with E-state index in [0.29, 0.717) is 43.5 Å². The molecule has 2 aliphatic heterocycles. The summed E-state index contributed by atoms with van der Waals surface area (Å²) >= 11 is 12.3. The lowest BCUT2D eigenvalue weighted by Gasteiger charge is -2.21. The molecule has 2 amide bonds. The summed E-state index contributed by atoms with van der Waals surface area (Å²) in [4.78, 5) is 31.8. The number of benzene rings is 1. The predicted molar refractivity (Wildman–Crippen MR) is 101 cm³/mol. The van der Waals surface area contributed by atoms with Gasteiger partial charge in [-0.15, -0.1) is 0 Å². The highest BCUT2D eigenvalue weighted by Crippen LogP contribution is 2.36. The monoisotopic (exact) mass is 412 g/mol. The first-order chi connectivity index (χ1) is 12.9. The van der Waals surface area contributed by atoms with Gasteiger partial charge in [0.1, 0.15) is 11.5 Å². The molecule has 3 N–H and O–H groups in total. The van der Waals surface area contributed by atoms with Gasteiger partial charge in [0.25, 0.3) is 5.91 Å². The summed E-state index contributed by atoms with van der Waals surface area (Å²) in [5.74, 6) is -1.10. The van der Waals surface area contributed by atoms with Gasteiger partial charge in [-0.2, -0.15) is 0 Å². The van der Waals surface area contributed by atoms with Crippen LogP contribution in [-0.2, 0) is 4.79 Å². The standard InChI is InChI=1S/C18H19Cl2FN4O2/c19-14-11(21)1-2-12-13(14)15(20)16(23-12)18(27)24-5-3-9(7-24)17(26)25-6-4-10(22)8-25/h1-2,9-10,23H,3-8,22H2/t9-,10+/m1/s1. The van der Waals surface area contributed by atoms with Crippen molar-refractivity contribution < 1.29 is 14.0 Å². The number of nitrogens with zero attached hydrogens (tertiary/aromatic N) is 2. The number of hydrogen-bond acceptors (Lipinski definition) is 3. The van der Waals surface area contributed by atoms with E-state index in [2.05, 4.69) is 4.98 Å². The molecule has 0 radical (unpaired) electrons. The fourth-order valence-electron chi connectivity index (χ4n) is 3.88. The Kier molecular flexibility index (Phi) is 4.78. The Morgan fingerprint density at radius 2 is 1.85 bits per heavy atom. The molecule has 27 heavy (non-hydrogen) atoms. The van der Waals surface area contributed by atoms with Crippen LogP contribution in [0.5, 0.6) is 0 Å². The Labute approximate surface area is 165 Å². The molecule has 2 saturated heterocycles. The average molecular weight is 413 g/mol. The Morgan fingerprint density at radius 1 is 1.11 bits per heavy atom. The van der Waals surface area contributed by atoms with E-state index < -0.39 is 5.82 Å². The molecule has 144 valence electrons. The second kappa shape index (κ2) is 6.96. The average Bonchev–Trinajstić information content (AvgIpc) is 3.36. The summed E-state index contributed by atoms with van der Waals surface area (Å²) in [5.41, 5.74) is 6.53. The second-order valence-corrected chi connectivity index (χ2v) is 7.92. The van der Waals surface area contributed by atoms with Crippen LogP contribution in [-0.4, -0.2) is 58.8 Å². The maximum Gasteiger partial charge on any atom is 0.271 e. The van der Waals surface area contributed by atoms with Crippen LogP contribution in [0.4, 0.5) is 4.39 Å². The first-order valence-corrected chi connectivity index (χ1v) is 9.61. The lowest BCUT2D eigenvalue weighted by atomic mass is 10.1. The molecule has 1 aromatic carbocycles. The fourth-order valence-corrected chi connectivity index (χ4v) is 4.51. The van der Waals surface area contributed by atoms with Gasteiger partial charge in [-0.25, -0.2) is 4.39 Å².